The number of rotatable bonds is 17. The number of esters is 1. The summed E-state index contributed by atoms with van der Waals surface area (Å²) in [5.41, 5.74) is 0. The van der Waals surface area contributed by atoms with Crippen molar-refractivity contribution in [3.05, 3.63) is 54.6 Å². The van der Waals surface area contributed by atoms with Gasteiger partial charge in [-0.25, -0.2) is 4.79 Å². The summed E-state index contributed by atoms with van der Waals surface area (Å²) in [6, 6.07) is 18.7. The minimum absolute atomic E-state index is 0.290. The van der Waals surface area contributed by atoms with Gasteiger partial charge in [-0.3, -0.25) is 0 Å². The van der Waals surface area contributed by atoms with Gasteiger partial charge in [-0.15, -0.1) is 0 Å². The molecule has 3 aromatic carbocycles. The van der Waals surface area contributed by atoms with E-state index in [4.69, 9.17) is 9.47 Å². The second-order valence-electron chi connectivity index (χ2n) is 9.84. The number of fused-ring (bicyclic) bond motifs is 2. The largest absolute Gasteiger partial charge is 0.478 e. The Kier molecular flexibility index (Phi) is 11.9. The minimum atomic E-state index is -0.565. The van der Waals surface area contributed by atoms with Crippen molar-refractivity contribution >= 4 is 27.5 Å². The van der Waals surface area contributed by atoms with Gasteiger partial charge in [0.25, 0.3) is 0 Å². The molecule has 0 aromatic heterocycles. The molecule has 3 heteroatoms. The summed E-state index contributed by atoms with van der Waals surface area (Å²) in [4.78, 5) is 12.5. The van der Waals surface area contributed by atoms with Crippen molar-refractivity contribution in [3.8, 4) is 5.75 Å². The lowest BCUT2D eigenvalue weighted by atomic mass is 10.0. The molecule has 0 heterocycles. The minimum Gasteiger partial charge on any atom is -0.478 e. The van der Waals surface area contributed by atoms with Crippen LogP contribution < -0.4 is 4.74 Å². The number of carbonyl (C=O) groups is 1. The molecule has 0 fully saturated rings. The monoisotopic (exact) mass is 476 g/mol. The van der Waals surface area contributed by atoms with Gasteiger partial charge in [0.1, 0.15) is 5.75 Å². The summed E-state index contributed by atoms with van der Waals surface area (Å²) < 4.78 is 11.3. The van der Waals surface area contributed by atoms with E-state index in [1.54, 1.807) is 0 Å². The van der Waals surface area contributed by atoms with Gasteiger partial charge in [0.2, 0.25) is 0 Å². The Morgan fingerprint density at radius 1 is 0.686 bits per heavy atom. The van der Waals surface area contributed by atoms with Crippen molar-refractivity contribution in [2.24, 2.45) is 0 Å². The third-order valence-electron chi connectivity index (χ3n) is 7.01. The molecule has 190 valence electrons. The summed E-state index contributed by atoms with van der Waals surface area (Å²) in [7, 11) is 1.44. The Morgan fingerprint density at radius 3 is 1.83 bits per heavy atom. The molecule has 0 bridgehead atoms. The van der Waals surface area contributed by atoms with Crippen molar-refractivity contribution in [1.82, 2.24) is 0 Å². The zero-order valence-electron chi connectivity index (χ0n) is 21.9. The van der Waals surface area contributed by atoms with E-state index in [0.29, 0.717) is 6.42 Å². The van der Waals surface area contributed by atoms with Gasteiger partial charge in [0.05, 0.1) is 7.11 Å². The van der Waals surface area contributed by atoms with Crippen molar-refractivity contribution < 1.29 is 14.3 Å². The predicted octanol–water partition coefficient (Wildman–Crippen LogP) is 9.39. The Labute approximate surface area is 212 Å². The normalized spacial score (nSPS) is 12.2. The van der Waals surface area contributed by atoms with Crippen LogP contribution in [0.5, 0.6) is 5.75 Å². The fraction of sp³-hybridized carbons (Fsp3) is 0.531. The number of unbranched alkanes of at least 4 members (excludes halogenated alkanes) is 12. The van der Waals surface area contributed by atoms with Crippen molar-refractivity contribution in [2.75, 3.05) is 7.11 Å². The molecule has 3 aromatic rings. The molecule has 0 saturated carbocycles. The quantitative estimate of drug-likeness (QED) is 0.111. The van der Waals surface area contributed by atoms with Crippen LogP contribution in [0.4, 0.5) is 0 Å². The highest BCUT2D eigenvalue weighted by molar-refractivity contribution is 6.01. The smallest absolute Gasteiger partial charge is 0.347 e. The fourth-order valence-corrected chi connectivity index (χ4v) is 4.90. The van der Waals surface area contributed by atoms with E-state index in [-0.39, 0.29) is 5.97 Å². The van der Waals surface area contributed by atoms with Crippen LogP contribution in [-0.4, -0.2) is 19.2 Å². The third-order valence-corrected chi connectivity index (χ3v) is 7.01. The molecular weight excluding hydrogens is 432 g/mol. The molecule has 0 radical (unpaired) electrons. The van der Waals surface area contributed by atoms with Crippen LogP contribution in [0.15, 0.2) is 54.6 Å². The molecule has 3 rings (SSSR count). The van der Waals surface area contributed by atoms with Gasteiger partial charge < -0.3 is 9.47 Å². The SMILES string of the molecule is CCCCCCCCCCCCCCCC(Oc1cccc2cc3ccccc3cc12)C(=O)OC. The summed E-state index contributed by atoms with van der Waals surface area (Å²) in [5, 5.41) is 4.52. The maximum atomic E-state index is 12.5. The second-order valence-corrected chi connectivity index (χ2v) is 9.84. The summed E-state index contributed by atoms with van der Waals surface area (Å²) in [6.45, 7) is 2.27. The van der Waals surface area contributed by atoms with Gasteiger partial charge in [0, 0.05) is 5.39 Å². The zero-order chi connectivity index (χ0) is 24.7. The average molecular weight is 477 g/mol. The lowest BCUT2D eigenvalue weighted by Gasteiger charge is -2.18. The Balaban J connectivity index is 1.42. The average Bonchev–Trinajstić information content (AvgIpc) is 2.89. The first-order valence-corrected chi connectivity index (χ1v) is 13.9. The van der Waals surface area contributed by atoms with Crippen LogP contribution >= 0.6 is 0 Å². The molecule has 3 nitrogen and oxygen atoms in total. The van der Waals surface area contributed by atoms with Crippen LogP contribution in [0.3, 0.4) is 0 Å². The molecule has 0 N–H and O–H groups in total. The van der Waals surface area contributed by atoms with Crippen molar-refractivity contribution in [3.63, 3.8) is 0 Å². The first kappa shape index (κ1) is 27.0. The van der Waals surface area contributed by atoms with E-state index >= 15 is 0 Å². The topological polar surface area (TPSA) is 35.5 Å². The highest BCUT2D eigenvalue weighted by atomic mass is 16.6. The molecule has 1 unspecified atom stereocenters. The van der Waals surface area contributed by atoms with E-state index in [0.717, 1.165) is 29.4 Å². The van der Waals surface area contributed by atoms with Gasteiger partial charge in [-0.2, -0.15) is 0 Å². The molecule has 0 saturated heterocycles. The van der Waals surface area contributed by atoms with Crippen LogP contribution in [-0.2, 0) is 9.53 Å². The van der Waals surface area contributed by atoms with E-state index in [1.807, 2.05) is 18.2 Å². The van der Waals surface area contributed by atoms with Gasteiger partial charge in [0.15, 0.2) is 6.10 Å². The second kappa shape index (κ2) is 15.4. The van der Waals surface area contributed by atoms with Gasteiger partial charge >= 0.3 is 5.97 Å². The van der Waals surface area contributed by atoms with Crippen LogP contribution in [0.25, 0.3) is 21.5 Å². The van der Waals surface area contributed by atoms with E-state index in [9.17, 15) is 4.79 Å². The van der Waals surface area contributed by atoms with Crippen molar-refractivity contribution in [1.29, 1.82) is 0 Å². The Morgan fingerprint density at radius 2 is 1.23 bits per heavy atom. The molecular formula is C32H44O3. The number of carbonyl (C=O) groups excluding carboxylic acids is 1. The lowest BCUT2D eigenvalue weighted by Crippen LogP contribution is -2.28. The number of methoxy groups -OCH3 is 1. The van der Waals surface area contributed by atoms with Crippen LogP contribution in [0.1, 0.15) is 96.8 Å². The lowest BCUT2D eigenvalue weighted by molar-refractivity contribution is -0.149. The first-order chi connectivity index (χ1) is 17.2. The van der Waals surface area contributed by atoms with Crippen molar-refractivity contribution in [2.45, 2.75) is 103 Å². The summed E-state index contributed by atoms with van der Waals surface area (Å²) in [6.07, 6.45) is 17.1. The maximum absolute atomic E-state index is 12.5. The molecule has 0 spiro atoms. The number of ether oxygens (including phenoxy) is 2. The number of benzene rings is 3. The maximum Gasteiger partial charge on any atom is 0.347 e. The zero-order valence-corrected chi connectivity index (χ0v) is 21.9. The van der Waals surface area contributed by atoms with E-state index < -0.39 is 6.10 Å². The van der Waals surface area contributed by atoms with Crippen LogP contribution in [0.2, 0.25) is 0 Å². The number of hydrogen-bond acceptors (Lipinski definition) is 3. The molecule has 35 heavy (non-hydrogen) atoms. The Bertz CT molecular complexity index is 1030. The third kappa shape index (κ3) is 8.87. The van der Waals surface area contributed by atoms with Crippen LogP contribution in [0, 0.1) is 0 Å². The predicted molar refractivity (Wildman–Crippen MR) is 148 cm³/mol. The molecule has 0 aliphatic rings. The summed E-state index contributed by atoms with van der Waals surface area (Å²) >= 11 is 0. The molecule has 0 aliphatic carbocycles. The first-order valence-electron chi connectivity index (χ1n) is 13.9. The summed E-state index contributed by atoms with van der Waals surface area (Å²) in [5.74, 6) is 0.458. The highest BCUT2D eigenvalue weighted by Gasteiger charge is 2.21. The Hall–Kier alpha value is -2.55. The van der Waals surface area contributed by atoms with Gasteiger partial charge in [-0.05, 0) is 47.2 Å². The number of hydrogen-bond donors (Lipinski definition) is 0. The van der Waals surface area contributed by atoms with E-state index in [2.05, 4.69) is 43.3 Å². The molecule has 0 amide bonds. The highest BCUT2D eigenvalue weighted by Crippen LogP contribution is 2.31. The molecule has 1 atom stereocenters. The molecule has 0 aliphatic heterocycles. The van der Waals surface area contributed by atoms with E-state index in [1.165, 1.54) is 88.5 Å². The standard InChI is InChI=1S/C32H44O3/c1-3-4-5-6-7-8-9-10-11-12-13-14-15-22-31(32(33)34-2)35-30-23-18-21-28-24-26-19-16-17-20-27(26)25-29(28)30/h16-21,23-25,31H,3-15,22H2,1-2H3. The van der Waals surface area contributed by atoms with Gasteiger partial charge in [-0.1, -0.05) is 120 Å². The fourth-order valence-electron chi connectivity index (χ4n) is 4.90.